The van der Waals surface area contributed by atoms with Crippen molar-refractivity contribution in [1.82, 2.24) is 4.90 Å². The number of methoxy groups -OCH3 is 2. The van der Waals surface area contributed by atoms with E-state index in [1.54, 1.807) is 14.2 Å². The fraction of sp³-hybridized carbons (Fsp3) is 0.464. The summed E-state index contributed by atoms with van der Waals surface area (Å²) in [5, 5.41) is 7.56. The molecule has 206 valence electrons. The first-order chi connectivity index (χ1) is 18.0. The second-order valence-corrected chi connectivity index (χ2v) is 11.8. The molecule has 2 aliphatic heterocycles. The van der Waals surface area contributed by atoms with Gasteiger partial charge < -0.3 is 14.2 Å². The molecule has 2 aliphatic rings. The smallest absolute Gasteiger partial charge is 0.411 e. The minimum absolute atomic E-state index is 0.292. The summed E-state index contributed by atoms with van der Waals surface area (Å²) in [6.45, 7) is 6.56. The van der Waals surface area contributed by atoms with Gasteiger partial charge in [-0.1, -0.05) is 19.9 Å². The lowest BCUT2D eigenvalue weighted by atomic mass is 9.85. The van der Waals surface area contributed by atoms with Crippen molar-refractivity contribution in [2.24, 2.45) is 5.92 Å². The van der Waals surface area contributed by atoms with Gasteiger partial charge in [0.1, 0.15) is 0 Å². The zero-order chi connectivity index (χ0) is 27.6. The molecule has 0 bridgehead atoms. The van der Waals surface area contributed by atoms with Crippen LogP contribution < -0.4 is 14.8 Å². The lowest BCUT2D eigenvalue weighted by Crippen LogP contribution is -2.35. The Morgan fingerprint density at radius 3 is 2.32 bits per heavy atom. The highest BCUT2D eigenvalue weighted by Gasteiger charge is 2.32. The van der Waals surface area contributed by atoms with Crippen LogP contribution in [0.4, 0.5) is 10.5 Å². The number of benzene rings is 3. The van der Waals surface area contributed by atoms with Crippen LogP contribution in [0.1, 0.15) is 37.8 Å². The number of rotatable bonds is 5. The van der Waals surface area contributed by atoms with Gasteiger partial charge in [0, 0.05) is 18.3 Å². The SMILES string of the molecule is COc1cc2c3c(c4ccc(NC(=O)OCC(C)C)cc4c2cc1OC)C[C@@H]1CCCN1C3.CS(=O)(=O)O. The van der Waals surface area contributed by atoms with Crippen molar-refractivity contribution in [3.05, 3.63) is 41.5 Å². The third-order valence-electron chi connectivity index (χ3n) is 6.94. The Morgan fingerprint density at radius 2 is 1.68 bits per heavy atom. The fourth-order valence-corrected chi connectivity index (χ4v) is 5.37. The Morgan fingerprint density at radius 1 is 1.05 bits per heavy atom. The van der Waals surface area contributed by atoms with Crippen molar-refractivity contribution in [3.8, 4) is 11.5 Å². The number of amides is 1. The summed E-state index contributed by atoms with van der Waals surface area (Å²) in [5.41, 5.74) is 3.53. The van der Waals surface area contributed by atoms with E-state index in [4.69, 9.17) is 18.8 Å². The average molecular weight is 545 g/mol. The van der Waals surface area contributed by atoms with Crippen molar-refractivity contribution in [2.75, 3.05) is 38.9 Å². The average Bonchev–Trinajstić information content (AvgIpc) is 3.32. The number of carbonyl (C=O) groups excluding carboxylic acids is 1. The Balaban J connectivity index is 0.000000617. The summed E-state index contributed by atoms with van der Waals surface area (Å²) in [6.07, 6.45) is 3.86. The molecule has 3 aromatic rings. The minimum atomic E-state index is -3.67. The Kier molecular flexibility index (Phi) is 8.34. The van der Waals surface area contributed by atoms with Crippen LogP contribution in [0.2, 0.25) is 0 Å². The molecule has 2 N–H and O–H groups in total. The Labute approximate surface area is 223 Å². The molecule has 9 nitrogen and oxygen atoms in total. The number of hydrogen-bond donors (Lipinski definition) is 2. The molecule has 10 heteroatoms. The molecule has 1 saturated heterocycles. The van der Waals surface area contributed by atoms with Crippen molar-refractivity contribution in [2.45, 2.75) is 45.7 Å². The van der Waals surface area contributed by atoms with Gasteiger partial charge in [-0.25, -0.2) is 4.79 Å². The van der Waals surface area contributed by atoms with E-state index in [1.807, 2.05) is 19.9 Å². The second kappa shape index (κ2) is 11.3. The molecule has 1 atom stereocenters. The molecule has 1 amide bonds. The van der Waals surface area contributed by atoms with Crippen LogP contribution in [0, 0.1) is 5.92 Å². The largest absolute Gasteiger partial charge is 0.493 e. The van der Waals surface area contributed by atoms with E-state index < -0.39 is 16.2 Å². The molecule has 3 aromatic carbocycles. The van der Waals surface area contributed by atoms with Gasteiger partial charge in [-0.15, -0.1) is 0 Å². The standard InChI is InChI=1S/C27H32N2O4.CH4O3S/c1-16(2)15-33-27(30)28-17-7-8-19-20(10-17)22-12-25(31-3)26(32-4)13-23(22)24-14-29-9-5-6-18(29)11-21(19)24;1-5(2,3)4/h7-8,10,12-13,16,18H,5-6,9,11,14-15H2,1-4H3,(H,28,30);1H3,(H,2,3,4)/t18-;/m0./s1. The van der Waals surface area contributed by atoms with Gasteiger partial charge in [0.05, 0.1) is 27.1 Å². The topological polar surface area (TPSA) is 114 Å². The van der Waals surface area contributed by atoms with Gasteiger partial charge >= 0.3 is 6.09 Å². The van der Waals surface area contributed by atoms with Crippen LogP contribution in [0.25, 0.3) is 21.5 Å². The molecule has 2 heterocycles. The van der Waals surface area contributed by atoms with Crippen LogP contribution in [-0.4, -0.2) is 63.6 Å². The Bertz CT molecular complexity index is 1450. The highest BCUT2D eigenvalue weighted by atomic mass is 32.2. The van der Waals surface area contributed by atoms with E-state index in [0.29, 0.717) is 30.6 Å². The molecule has 1 fully saturated rings. The summed E-state index contributed by atoms with van der Waals surface area (Å²) in [5.74, 6) is 1.73. The quantitative estimate of drug-likeness (QED) is 0.331. The fourth-order valence-electron chi connectivity index (χ4n) is 5.37. The lowest BCUT2D eigenvalue weighted by Gasteiger charge is -2.33. The third-order valence-corrected chi connectivity index (χ3v) is 6.94. The normalized spacial score (nSPS) is 17.0. The Hall–Kier alpha value is -3.08. The maximum Gasteiger partial charge on any atom is 0.411 e. The molecule has 0 unspecified atom stereocenters. The van der Waals surface area contributed by atoms with E-state index in [9.17, 15) is 13.2 Å². The molecule has 0 radical (unpaired) electrons. The van der Waals surface area contributed by atoms with E-state index in [1.165, 1.54) is 34.7 Å². The number of ether oxygens (including phenoxy) is 3. The van der Waals surface area contributed by atoms with E-state index in [2.05, 4.69) is 34.5 Å². The molecular weight excluding hydrogens is 508 g/mol. The van der Waals surface area contributed by atoms with Crippen molar-refractivity contribution in [3.63, 3.8) is 0 Å². The summed E-state index contributed by atoms with van der Waals surface area (Å²) in [4.78, 5) is 14.9. The first-order valence-electron chi connectivity index (χ1n) is 12.7. The second-order valence-electron chi connectivity index (χ2n) is 10.3. The summed E-state index contributed by atoms with van der Waals surface area (Å²) in [6, 6.07) is 11.0. The summed E-state index contributed by atoms with van der Waals surface area (Å²) >= 11 is 0. The molecule has 0 saturated carbocycles. The van der Waals surface area contributed by atoms with Crippen LogP contribution in [0.15, 0.2) is 30.3 Å². The maximum atomic E-state index is 12.3. The third kappa shape index (κ3) is 6.31. The minimum Gasteiger partial charge on any atom is -0.493 e. The van der Waals surface area contributed by atoms with Gasteiger partial charge in [0.15, 0.2) is 11.5 Å². The van der Waals surface area contributed by atoms with Gasteiger partial charge in [-0.2, -0.15) is 8.42 Å². The van der Waals surface area contributed by atoms with Crippen LogP contribution >= 0.6 is 0 Å². The van der Waals surface area contributed by atoms with Crippen molar-refractivity contribution < 1.29 is 32.0 Å². The molecule has 0 spiro atoms. The van der Waals surface area contributed by atoms with Gasteiger partial charge in [-0.05, 0) is 88.7 Å². The molecular formula is C28H36N2O7S. The predicted molar refractivity (Wildman–Crippen MR) is 149 cm³/mol. The molecule has 0 aromatic heterocycles. The zero-order valence-electron chi connectivity index (χ0n) is 22.5. The number of nitrogens with zero attached hydrogens (tertiary/aromatic N) is 1. The highest BCUT2D eigenvalue weighted by molar-refractivity contribution is 7.85. The zero-order valence-corrected chi connectivity index (χ0v) is 23.4. The molecule has 38 heavy (non-hydrogen) atoms. The van der Waals surface area contributed by atoms with Crippen LogP contribution in [0.5, 0.6) is 11.5 Å². The molecule has 0 aliphatic carbocycles. The number of fused-ring (bicyclic) bond motifs is 7. The van der Waals surface area contributed by atoms with Gasteiger partial charge in [0.2, 0.25) is 0 Å². The summed E-state index contributed by atoms with van der Waals surface area (Å²) < 4.78 is 42.5. The number of carbonyl (C=O) groups is 1. The lowest BCUT2D eigenvalue weighted by molar-refractivity contribution is 0.147. The van der Waals surface area contributed by atoms with E-state index in [-0.39, 0.29) is 0 Å². The van der Waals surface area contributed by atoms with Crippen molar-refractivity contribution >= 4 is 43.4 Å². The van der Waals surface area contributed by atoms with E-state index in [0.717, 1.165) is 41.7 Å². The van der Waals surface area contributed by atoms with Crippen LogP contribution in [0.3, 0.4) is 0 Å². The number of anilines is 1. The maximum absolute atomic E-state index is 12.3. The number of nitrogens with one attached hydrogen (secondary N) is 1. The first kappa shape index (κ1) is 27.9. The first-order valence-corrected chi connectivity index (χ1v) is 14.6. The molecule has 5 rings (SSSR count). The van der Waals surface area contributed by atoms with Crippen molar-refractivity contribution in [1.29, 1.82) is 0 Å². The monoisotopic (exact) mass is 544 g/mol. The summed E-state index contributed by atoms with van der Waals surface area (Å²) in [7, 11) is -0.324. The van der Waals surface area contributed by atoms with Crippen LogP contribution in [-0.2, 0) is 27.8 Å². The number of hydrogen-bond acceptors (Lipinski definition) is 7. The predicted octanol–water partition coefficient (Wildman–Crippen LogP) is 5.24. The highest BCUT2D eigenvalue weighted by Crippen LogP contribution is 2.44. The van der Waals surface area contributed by atoms with Gasteiger partial charge in [-0.3, -0.25) is 14.8 Å². The van der Waals surface area contributed by atoms with E-state index >= 15 is 0 Å². The van der Waals surface area contributed by atoms with Gasteiger partial charge in [0.25, 0.3) is 10.1 Å².